The number of aryl methyl sites for hydroxylation is 1. The normalized spacial score (nSPS) is 12.1. The van der Waals surface area contributed by atoms with Gasteiger partial charge < -0.3 is 23.5 Å². The summed E-state index contributed by atoms with van der Waals surface area (Å²) >= 11 is 0. The Bertz CT molecular complexity index is 1260. The van der Waals surface area contributed by atoms with Gasteiger partial charge in [0.25, 0.3) is 0 Å². The Labute approximate surface area is 239 Å². The number of nitrogens with zero attached hydrogens (tertiary/aromatic N) is 2. The molecular formula is C31H39F3N2O5. The van der Waals surface area contributed by atoms with Crippen LogP contribution < -0.4 is 0 Å². The first-order valence-electron chi connectivity index (χ1n) is 13.7. The Balaban J connectivity index is 1.90. The number of unbranched alkanes of at least 4 members (excludes halogenated alkanes) is 1. The number of hydrogen-bond acceptors (Lipinski definition) is 6. The topological polar surface area (TPSA) is 71.8 Å². The number of esters is 1. The third kappa shape index (κ3) is 9.41. The zero-order chi connectivity index (χ0) is 30.0. The average Bonchev–Trinajstić information content (AvgIpc) is 3.26. The van der Waals surface area contributed by atoms with E-state index in [9.17, 15) is 18.0 Å². The van der Waals surface area contributed by atoms with Crippen LogP contribution in [0, 0.1) is 0 Å². The van der Waals surface area contributed by atoms with Crippen LogP contribution in [0.5, 0.6) is 0 Å². The van der Waals surface area contributed by atoms with Crippen LogP contribution in [0.15, 0.2) is 48.5 Å². The second-order valence-electron chi connectivity index (χ2n) is 10.6. The zero-order valence-electron chi connectivity index (χ0n) is 24.3. The summed E-state index contributed by atoms with van der Waals surface area (Å²) in [4.78, 5) is 16.8. The molecule has 0 N–H and O–H groups in total. The fraction of sp³-hybridized carbons (Fsp3) is 0.484. The highest BCUT2D eigenvalue weighted by atomic mass is 19.4. The van der Waals surface area contributed by atoms with E-state index in [-0.39, 0.29) is 32.2 Å². The van der Waals surface area contributed by atoms with E-state index in [1.165, 1.54) is 7.11 Å². The highest BCUT2D eigenvalue weighted by Gasteiger charge is 2.39. The zero-order valence-corrected chi connectivity index (χ0v) is 24.3. The van der Waals surface area contributed by atoms with E-state index in [1.54, 1.807) is 16.7 Å². The highest BCUT2D eigenvalue weighted by molar-refractivity contribution is 5.97. The molecule has 41 heavy (non-hydrogen) atoms. The molecule has 3 aromatic rings. The molecule has 0 aliphatic carbocycles. The van der Waals surface area contributed by atoms with E-state index in [0.717, 1.165) is 17.5 Å². The van der Waals surface area contributed by atoms with Crippen molar-refractivity contribution in [3.63, 3.8) is 0 Å². The molecule has 1 heterocycles. The molecule has 0 bridgehead atoms. The predicted octanol–water partition coefficient (Wildman–Crippen LogP) is 7.05. The summed E-state index contributed by atoms with van der Waals surface area (Å²) in [6.07, 6.45) is -2.70. The van der Waals surface area contributed by atoms with E-state index in [0.29, 0.717) is 36.4 Å². The molecule has 0 saturated carbocycles. The summed E-state index contributed by atoms with van der Waals surface area (Å²) in [5.41, 5.74) is 1.10. The lowest BCUT2D eigenvalue weighted by atomic mass is 9.98. The minimum atomic E-state index is -4.63. The van der Waals surface area contributed by atoms with Crippen molar-refractivity contribution in [3.05, 3.63) is 76.9 Å². The molecule has 10 heteroatoms. The molecule has 0 fully saturated rings. The number of carbonyl (C=O) groups excluding carboxylic acids is 1. The molecule has 224 valence electrons. The van der Waals surface area contributed by atoms with Gasteiger partial charge in [0.05, 0.1) is 31.1 Å². The Kier molecular flexibility index (Phi) is 11.5. The molecule has 0 saturated heterocycles. The van der Waals surface area contributed by atoms with Crippen molar-refractivity contribution in [2.45, 2.75) is 71.9 Å². The van der Waals surface area contributed by atoms with Gasteiger partial charge in [-0.1, -0.05) is 55.8 Å². The van der Waals surface area contributed by atoms with Crippen molar-refractivity contribution in [1.82, 2.24) is 9.55 Å². The minimum absolute atomic E-state index is 0.0432. The summed E-state index contributed by atoms with van der Waals surface area (Å²) in [7, 11) is 1.53. The Morgan fingerprint density at radius 1 is 0.976 bits per heavy atom. The van der Waals surface area contributed by atoms with Crippen LogP contribution in [0.2, 0.25) is 0 Å². The summed E-state index contributed by atoms with van der Waals surface area (Å²) in [5.74, 6) is -0.0656. The smallest absolute Gasteiger partial charge is 0.435 e. The lowest BCUT2D eigenvalue weighted by molar-refractivity contribution is -0.143. The third-order valence-corrected chi connectivity index (χ3v) is 6.16. The van der Waals surface area contributed by atoms with Crippen molar-refractivity contribution >= 4 is 5.97 Å². The molecule has 0 radical (unpaired) electrons. The molecule has 0 atom stereocenters. The summed E-state index contributed by atoms with van der Waals surface area (Å²) in [6.45, 7) is 7.75. The lowest BCUT2D eigenvalue weighted by Crippen LogP contribution is -2.24. The van der Waals surface area contributed by atoms with Crippen LogP contribution in [-0.2, 0) is 44.7 Å². The van der Waals surface area contributed by atoms with E-state index in [1.807, 2.05) is 64.1 Å². The number of aromatic nitrogens is 2. The van der Waals surface area contributed by atoms with Gasteiger partial charge in [-0.25, -0.2) is 9.78 Å². The van der Waals surface area contributed by atoms with Gasteiger partial charge in [0, 0.05) is 20.1 Å². The summed E-state index contributed by atoms with van der Waals surface area (Å²) in [6, 6.07) is 14.6. The van der Waals surface area contributed by atoms with Crippen molar-refractivity contribution in [1.29, 1.82) is 0 Å². The first-order chi connectivity index (χ1) is 19.4. The maximum Gasteiger partial charge on any atom is 0.435 e. The molecular weight excluding hydrogens is 537 g/mol. The van der Waals surface area contributed by atoms with Gasteiger partial charge in [-0.05, 0) is 49.9 Å². The number of benzene rings is 2. The van der Waals surface area contributed by atoms with Gasteiger partial charge in [0.2, 0.25) is 0 Å². The van der Waals surface area contributed by atoms with Crippen LogP contribution in [0.4, 0.5) is 13.2 Å². The Morgan fingerprint density at radius 3 is 2.32 bits per heavy atom. The lowest BCUT2D eigenvalue weighted by Gasteiger charge is -2.20. The Morgan fingerprint density at radius 2 is 1.68 bits per heavy atom. The summed E-state index contributed by atoms with van der Waals surface area (Å²) in [5, 5.41) is 0. The van der Waals surface area contributed by atoms with Gasteiger partial charge in [0.15, 0.2) is 5.69 Å². The van der Waals surface area contributed by atoms with Crippen LogP contribution in [0.3, 0.4) is 0 Å². The largest absolute Gasteiger partial charge is 0.456 e. The summed E-state index contributed by atoms with van der Waals surface area (Å²) < 4.78 is 64.8. The Hall–Kier alpha value is -3.21. The van der Waals surface area contributed by atoms with Crippen LogP contribution in [0.25, 0.3) is 11.1 Å². The SMILES string of the molecule is CCCCc1nc(C(F)(F)F)c(COCOCCOC)n1Cc1ccc(-c2ccccc2C(=O)OC(C)(C)C)cc1. The molecule has 0 unspecified atom stereocenters. The molecule has 0 aliphatic rings. The van der Waals surface area contributed by atoms with Gasteiger partial charge >= 0.3 is 12.1 Å². The maximum absolute atomic E-state index is 14.0. The molecule has 0 spiro atoms. The average molecular weight is 577 g/mol. The number of rotatable bonds is 14. The quantitative estimate of drug-likeness (QED) is 0.116. The molecule has 0 aliphatic heterocycles. The third-order valence-electron chi connectivity index (χ3n) is 6.16. The monoisotopic (exact) mass is 576 g/mol. The first-order valence-corrected chi connectivity index (χ1v) is 13.7. The predicted molar refractivity (Wildman–Crippen MR) is 149 cm³/mol. The van der Waals surface area contributed by atoms with Crippen molar-refractivity contribution in [2.24, 2.45) is 0 Å². The number of hydrogen-bond donors (Lipinski definition) is 0. The molecule has 7 nitrogen and oxygen atoms in total. The van der Waals surface area contributed by atoms with Crippen LogP contribution >= 0.6 is 0 Å². The number of ether oxygens (including phenoxy) is 4. The van der Waals surface area contributed by atoms with E-state index >= 15 is 0 Å². The molecule has 0 amide bonds. The van der Waals surface area contributed by atoms with Crippen LogP contribution in [0.1, 0.15) is 73.7 Å². The molecule has 2 aromatic carbocycles. The second kappa shape index (κ2) is 14.6. The van der Waals surface area contributed by atoms with Gasteiger partial charge in [-0.2, -0.15) is 13.2 Å². The molecule has 1 aromatic heterocycles. The van der Waals surface area contributed by atoms with E-state index in [2.05, 4.69) is 4.98 Å². The van der Waals surface area contributed by atoms with Crippen molar-refractivity contribution in [3.8, 4) is 11.1 Å². The van der Waals surface area contributed by atoms with Gasteiger partial charge in [0.1, 0.15) is 18.2 Å². The number of alkyl halides is 3. The minimum Gasteiger partial charge on any atom is -0.456 e. The fourth-order valence-corrected chi connectivity index (χ4v) is 4.24. The van der Waals surface area contributed by atoms with E-state index in [4.69, 9.17) is 18.9 Å². The van der Waals surface area contributed by atoms with Gasteiger partial charge in [-0.3, -0.25) is 0 Å². The van der Waals surface area contributed by atoms with Crippen molar-refractivity contribution < 1.29 is 36.9 Å². The fourth-order valence-electron chi connectivity index (χ4n) is 4.24. The number of carbonyl (C=O) groups is 1. The number of halogens is 3. The first kappa shape index (κ1) is 32.3. The van der Waals surface area contributed by atoms with Crippen molar-refractivity contribution in [2.75, 3.05) is 27.1 Å². The van der Waals surface area contributed by atoms with E-state index < -0.39 is 23.4 Å². The number of imidazole rings is 1. The van der Waals surface area contributed by atoms with Crippen LogP contribution in [-0.4, -0.2) is 48.2 Å². The second-order valence-corrected chi connectivity index (χ2v) is 10.6. The highest BCUT2D eigenvalue weighted by Crippen LogP contribution is 2.33. The molecule has 3 rings (SSSR count). The van der Waals surface area contributed by atoms with Gasteiger partial charge in [-0.15, -0.1) is 0 Å². The standard InChI is InChI=1S/C31H39F3N2O5/c1-6-7-12-27-35-28(31(32,33)34)26(20-40-21-39-18-17-38-5)36(27)19-22-13-15-23(16-14-22)24-10-8-9-11-25(24)29(37)41-30(2,3)4/h8-11,13-16H,6-7,12,17-21H2,1-5H3. The maximum atomic E-state index is 14.0. The number of methoxy groups -OCH3 is 1.